The zero-order chi connectivity index (χ0) is 19.3. The monoisotopic (exact) mass is 384 g/mol. The van der Waals surface area contributed by atoms with Crippen molar-refractivity contribution in [1.29, 1.82) is 0 Å². The maximum atomic E-state index is 12.6. The normalized spacial score (nSPS) is 15.9. The van der Waals surface area contributed by atoms with Crippen molar-refractivity contribution in [2.75, 3.05) is 61.5 Å². The molecule has 4 rings (SSSR count). The van der Waals surface area contributed by atoms with E-state index in [1.807, 2.05) is 31.2 Å². The van der Waals surface area contributed by atoms with E-state index in [0.29, 0.717) is 56.6 Å². The van der Waals surface area contributed by atoms with Crippen LogP contribution in [0, 0.1) is 0 Å². The van der Waals surface area contributed by atoms with Crippen LogP contribution >= 0.6 is 0 Å². The largest absolute Gasteiger partial charge is 0.486 e. The smallest absolute Gasteiger partial charge is 0.321 e. The summed E-state index contributed by atoms with van der Waals surface area (Å²) in [5.41, 5.74) is 0.696. The molecule has 0 saturated carbocycles. The molecule has 9 heteroatoms. The van der Waals surface area contributed by atoms with E-state index in [1.54, 1.807) is 11.0 Å². The summed E-state index contributed by atoms with van der Waals surface area (Å²) in [5, 5.41) is 14.5. The fourth-order valence-electron chi connectivity index (χ4n) is 3.23. The average molecular weight is 384 g/mol. The van der Waals surface area contributed by atoms with E-state index in [-0.39, 0.29) is 6.03 Å². The predicted molar refractivity (Wildman–Crippen MR) is 106 cm³/mol. The van der Waals surface area contributed by atoms with Gasteiger partial charge in [-0.15, -0.1) is 10.2 Å². The molecule has 9 nitrogen and oxygen atoms in total. The minimum absolute atomic E-state index is 0.120. The first-order valence-corrected chi connectivity index (χ1v) is 9.51. The molecule has 0 spiro atoms. The molecule has 2 N–H and O–H groups in total. The van der Waals surface area contributed by atoms with Crippen LogP contribution in [0.2, 0.25) is 0 Å². The van der Waals surface area contributed by atoms with Gasteiger partial charge in [-0.2, -0.15) is 0 Å². The number of rotatable bonds is 4. The Morgan fingerprint density at radius 2 is 1.82 bits per heavy atom. The molecule has 0 aliphatic carbocycles. The van der Waals surface area contributed by atoms with Gasteiger partial charge in [-0.25, -0.2) is 4.79 Å². The summed E-state index contributed by atoms with van der Waals surface area (Å²) in [6.45, 7) is 6.56. The van der Waals surface area contributed by atoms with Gasteiger partial charge in [0, 0.05) is 44.5 Å². The van der Waals surface area contributed by atoms with E-state index in [1.165, 1.54) is 0 Å². The molecule has 0 unspecified atom stereocenters. The maximum Gasteiger partial charge on any atom is 0.321 e. The first-order valence-electron chi connectivity index (χ1n) is 9.51. The number of nitrogens with one attached hydrogen (secondary N) is 2. The molecule has 2 aromatic rings. The van der Waals surface area contributed by atoms with Gasteiger partial charge in [0.15, 0.2) is 17.3 Å². The molecule has 0 atom stereocenters. The van der Waals surface area contributed by atoms with E-state index < -0.39 is 0 Å². The number of carbonyl (C=O) groups excluding carboxylic acids is 1. The van der Waals surface area contributed by atoms with Crippen LogP contribution in [0.25, 0.3) is 0 Å². The van der Waals surface area contributed by atoms with Crippen LogP contribution in [-0.2, 0) is 0 Å². The standard InChI is InChI=1S/C19H24N6O3/c1-2-20-17-5-6-18(23-22-17)24-7-9-25(10-8-24)19(26)21-14-3-4-15-16(13-14)28-12-11-27-15/h3-6,13H,2,7-12H2,1H3,(H,20,22)(H,21,26). The van der Waals surface area contributed by atoms with Crippen molar-refractivity contribution < 1.29 is 14.3 Å². The van der Waals surface area contributed by atoms with Crippen LogP contribution in [0.15, 0.2) is 30.3 Å². The number of nitrogens with zero attached hydrogens (tertiary/aromatic N) is 4. The summed E-state index contributed by atoms with van der Waals surface area (Å²) in [7, 11) is 0. The summed E-state index contributed by atoms with van der Waals surface area (Å²) < 4.78 is 11.1. The lowest BCUT2D eigenvalue weighted by Crippen LogP contribution is -2.50. The van der Waals surface area contributed by atoms with Gasteiger partial charge >= 0.3 is 6.03 Å². The van der Waals surface area contributed by atoms with E-state index in [0.717, 1.165) is 18.2 Å². The van der Waals surface area contributed by atoms with Crippen LogP contribution in [0.1, 0.15) is 6.92 Å². The van der Waals surface area contributed by atoms with E-state index in [9.17, 15) is 4.79 Å². The number of urea groups is 1. The molecule has 3 heterocycles. The first-order chi connectivity index (χ1) is 13.7. The highest BCUT2D eigenvalue weighted by Gasteiger charge is 2.22. The number of aromatic nitrogens is 2. The Morgan fingerprint density at radius 1 is 1.04 bits per heavy atom. The minimum atomic E-state index is -0.120. The third-order valence-electron chi connectivity index (χ3n) is 4.69. The zero-order valence-electron chi connectivity index (χ0n) is 15.9. The van der Waals surface area contributed by atoms with E-state index in [4.69, 9.17) is 9.47 Å². The fraction of sp³-hybridized carbons (Fsp3) is 0.421. The second kappa shape index (κ2) is 8.20. The van der Waals surface area contributed by atoms with Crippen LogP contribution in [-0.4, -0.2) is 67.1 Å². The molecule has 1 fully saturated rings. The molecule has 28 heavy (non-hydrogen) atoms. The van der Waals surface area contributed by atoms with Gasteiger partial charge < -0.3 is 29.9 Å². The highest BCUT2D eigenvalue weighted by molar-refractivity contribution is 5.90. The Bertz CT molecular complexity index is 821. The number of amides is 2. The van der Waals surface area contributed by atoms with Crippen molar-refractivity contribution >= 4 is 23.4 Å². The SMILES string of the molecule is CCNc1ccc(N2CCN(C(=O)Nc3ccc4c(c3)OCCO4)CC2)nn1. The maximum absolute atomic E-state index is 12.6. The Kier molecular flexibility index (Phi) is 5.31. The van der Waals surface area contributed by atoms with Crippen LogP contribution < -0.4 is 25.0 Å². The highest BCUT2D eigenvalue weighted by atomic mass is 16.6. The lowest BCUT2D eigenvalue weighted by molar-refractivity contribution is 0.171. The van der Waals surface area contributed by atoms with Crippen molar-refractivity contribution in [2.45, 2.75) is 6.92 Å². The Morgan fingerprint density at radius 3 is 2.54 bits per heavy atom. The van der Waals surface area contributed by atoms with E-state index in [2.05, 4.69) is 25.7 Å². The van der Waals surface area contributed by atoms with Gasteiger partial charge in [0.25, 0.3) is 0 Å². The highest BCUT2D eigenvalue weighted by Crippen LogP contribution is 2.32. The molecule has 2 amide bonds. The number of hydrogen-bond acceptors (Lipinski definition) is 7. The topological polar surface area (TPSA) is 91.9 Å². The quantitative estimate of drug-likeness (QED) is 0.833. The first kappa shape index (κ1) is 18.1. The van der Waals surface area contributed by atoms with Crippen molar-refractivity contribution in [3.8, 4) is 11.5 Å². The number of benzene rings is 1. The molecule has 2 aliphatic rings. The van der Waals surface area contributed by atoms with Gasteiger partial charge in [-0.1, -0.05) is 0 Å². The fourth-order valence-corrected chi connectivity index (χ4v) is 3.23. The van der Waals surface area contributed by atoms with Gasteiger partial charge in [-0.05, 0) is 31.2 Å². The van der Waals surface area contributed by atoms with Crippen molar-refractivity contribution in [2.24, 2.45) is 0 Å². The lowest BCUT2D eigenvalue weighted by Gasteiger charge is -2.35. The molecular formula is C19H24N6O3. The number of piperazine rings is 1. The molecule has 148 valence electrons. The number of carbonyl (C=O) groups is 1. The van der Waals surface area contributed by atoms with Crippen LogP contribution in [0.5, 0.6) is 11.5 Å². The van der Waals surface area contributed by atoms with Gasteiger partial charge in [0.2, 0.25) is 0 Å². The number of fused-ring (bicyclic) bond motifs is 1. The Balaban J connectivity index is 1.31. The van der Waals surface area contributed by atoms with Crippen LogP contribution in [0.3, 0.4) is 0 Å². The Hall–Kier alpha value is -3.23. The molecule has 1 aromatic carbocycles. The van der Waals surface area contributed by atoms with Crippen LogP contribution in [0.4, 0.5) is 22.1 Å². The summed E-state index contributed by atoms with van der Waals surface area (Å²) in [5.74, 6) is 2.96. The molecule has 0 bridgehead atoms. The second-order valence-electron chi connectivity index (χ2n) is 6.57. The van der Waals surface area contributed by atoms with Crippen molar-refractivity contribution in [3.05, 3.63) is 30.3 Å². The number of ether oxygens (including phenoxy) is 2. The van der Waals surface area contributed by atoms with Gasteiger partial charge in [-0.3, -0.25) is 0 Å². The minimum Gasteiger partial charge on any atom is -0.486 e. The average Bonchev–Trinajstić information content (AvgIpc) is 2.74. The van der Waals surface area contributed by atoms with Gasteiger partial charge in [0.05, 0.1) is 0 Å². The second-order valence-corrected chi connectivity index (χ2v) is 6.57. The van der Waals surface area contributed by atoms with Crippen molar-refractivity contribution in [3.63, 3.8) is 0 Å². The third kappa shape index (κ3) is 4.03. The van der Waals surface area contributed by atoms with Crippen molar-refractivity contribution in [1.82, 2.24) is 15.1 Å². The molecular weight excluding hydrogens is 360 g/mol. The Labute approximate surface area is 163 Å². The summed E-state index contributed by atoms with van der Waals surface area (Å²) in [6.07, 6.45) is 0. The number of hydrogen-bond donors (Lipinski definition) is 2. The molecule has 2 aliphatic heterocycles. The zero-order valence-corrected chi connectivity index (χ0v) is 15.9. The summed E-state index contributed by atoms with van der Waals surface area (Å²) in [4.78, 5) is 16.5. The van der Waals surface area contributed by atoms with E-state index >= 15 is 0 Å². The third-order valence-corrected chi connectivity index (χ3v) is 4.69. The molecule has 0 radical (unpaired) electrons. The lowest BCUT2D eigenvalue weighted by atomic mass is 10.2. The summed E-state index contributed by atoms with van der Waals surface area (Å²) in [6, 6.07) is 9.19. The number of anilines is 3. The summed E-state index contributed by atoms with van der Waals surface area (Å²) >= 11 is 0. The van der Waals surface area contributed by atoms with Gasteiger partial charge in [0.1, 0.15) is 19.0 Å². The molecule has 1 saturated heterocycles. The predicted octanol–water partition coefficient (Wildman–Crippen LogP) is 2.03. The molecule has 1 aromatic heterocycles.